The number of benzene rings is 1. The number of rotatable bonds is 3. The van der Waals surface area contributed by atoms with E-state index in [1.165, 1.54) is 0 Å². The lowest BCUT2D eigenvalue weighted by Gasteiger charge is -2.04. The lowest BCUT2D eigenvalue weighted by molar-refractivity contribution is 0.461. The molecule has 118 valence electrons. The molecule has 0 aliphatic carbocycles. The van der Waals surface area contributed by atoms with Crippen molar-refractivity contribution in [1.82, 2.24) is 24.6 Å². The molecule has 0 aliphatic heterocycles. The SMILES string of the molecule is Cc1c(-c2ccnc(N)n2)nn2cnc(Oc3ccccc3)cc12. The van der Waals surface area contributed by atoms with Gasteiger partial charge in [-0.25, -0.2) is 19.5 Å². The van der Waals surface area contributed by atoms with E-state index in [2.05, 4.69) is 20.1 Å². The Labute approximate surface area is 137 Å². The summed E-state index contributed by atoms with van der Waals surface area (Å²) in [5, 5.41) is 4.52. The minimum absolute atomic E-state index is 0.218. The van der Waals surface area contributed by atoms with E-state index in [1.807, 2.05) is 43.3 Å². The monoisotopic (exact) mass is 318 g/mol. The number of aromatic nitrogens is 5. The van der Waals surface area contributed by atoms with Gasteiger partial charge in [0.05, 0.1) is 11.2 Å². The van der Waals surface area contributed by atoms with E-state index in [1.54, 1.807) is 23.1 Å². The Balaban J connectivity index is 1.76. The highest BCUT2D eigenvalue weighted by Gasteiger charge is 2.14. The van der Waals surface area contributed by atoms with Gasteiger partial charge in [-0.05, 0) is 25.1 Å². The molecule has 3 heterocycles. The van der Waals surface area contributed by atoms with Gasteiger partial charge in [0, 0.05) is 17.8 Å². The number of ether oxygens (including phenoxy) is 1. The molecule has 0 fully saturated rings. The summed E-state index contributed by atoms with van der Waals surface area (Å²) in [5.41, 5.74) is 8.93. The molecule has 4 rings (SSSR count). The molecule has 0 atom stereocenters. The zero-order valence-corrected chi connectivity index (χ0v) is 12.9. The predicted molar refractivity (Wildman–Crippen MR) is 89.7 cm³/mol. The molecule has 0 saturated carbocycles. The first-order chi connectivity index (χ1) is 11.7. The molecule has 0 spiro atoms. The minimum atomic E-state index is 0.218. The van der Waals surface area contributed by atoms with E-state index < -0.39 is 0 Å². The molecule has 0 amide bonds. The third-order valence-electron chi connectivity index (χ3n) is 3.63. The largest absolute Gasteiger partial charge is 0.439 e. The Bertz CT molecular complexity index is 1010. The summed E-state index contributed by atoms with van der Waals surface area (Å²) in [6, 6.07) is 13.1. The quantitative estimate of drug-likeness (QED) is 0.624. The Kier molecular flexibility index (Phi) is 3.31. The average Bonchev–Trinajstić information content (AvgIpc) is 2.93. The lowest BCUT2D eigenvalue weighted by atomic mass is 10.2. The van der Waals surface area contributed by atoms with Gasteiger partial charge in [-0.1, -0.05) is 18.2 Å². The first-order valence-electron chi connectivity index (χ1n) is 7.37. The van der Waals surface area contributed by atoms with Crippen LogP contribution in [0.3, 0.4) is 0 Å². The van der Waals surface area contributed by atoms with Crippen molar-refractivity contribution in [3.05, 3.63) is 60.6 Å². The highest BCUT2D eigenvalue weighted by atomic mass is 16.5. The Hall–Kier alpha value is -3.48. The van der Waals surface area contributed by atoms with Crippen LogP contribution in [0.1, 0.15) is 5.56 Å². The van der Waals surface area contributed by atoms with Gasteiger partial charge in [-0.15, -0.1) is 0 Å². The van der Waals surface area contributed by atoms with Crippen molar-refractivity contribution in [3.63, 3.8) is 0 Å². The number of nitrogen functional groups attached to an aromatic ring is 1. The second-order valence-corrected chi connectivity index (χ2v) is 5.25. The third kappa shape index (κ3) is 2.52. The van der Waals surface area contributed by atoms with E-state index in [4.69, 9.17) is 10.5 Å². The summed E-state index contributed by atoms with van der Waals surface area (Å²) < 4.78 is 7.47. The number of para-hydroxylation sites is 1. The summed E-state index contributed by atoms with van der Waals surface area (Å²) in [5.74, 6) is 1.45. The number of hydrogen-bond donors (Lipinski definition) is 1. The van der Waals surface area contributed by atoms with Gasteiger partial charge >= 0.3 is 0 Å². The van der Waals surface area contributed by atoms with Crippen molar-refractivity contribution in [2.45, 2.75) is 6.92 Å². The third-order valence-corrected chi connectivity index (χ3v) is 3.63. The van der Waals surface area contributed by atoms with Crippen LogP contribution >= 0.6 is 0 Å². The minimum Gasteiger partial charge on any atom is -0.439 e. The van der Waals surface area contributed by atoms with E-state index in [0.29, 0.717) is 11.6 Å². The van der Waals surface area contributed by atoms with Gasteiger partial charge in [0.15, 0.2) is 0 Å². The number of fused-ring (bicyclic) bond motifs is 1. The molecular formula is C17H14N6O. The van der Waals surface area contributed by atoms with Crippen molar-refractivity contribution >= 4 is 11.5 Å². The highest BCUT2D eigenvalue weighted by molar-refractivity contribution is 5.70. The van der Waals surface area contributed by atoms with Crippen LogP contribution in [0.2, 0.25) is 0 Å². The van der Waals surface area contributed by atoms with Crippen LogP contribution in [0.4, 0.5) is 5.95 Å². The molecule has 1 aromatic carbocycles. The van der Waals surface area contributed by atoms with Gasteiger partial charge in [0.2, 0.25) is 11.8 Å². The maximum atomic E-state index is 5.78. The average molecular weight is 318 g/mol. The second kappa shape index (κ2) is 5.62. The summed E-state index contributed by atoms with van der Waals surface area (Å²) in [4.78, 5) is 12.4. The van der Waals surface area contributed by atoms with Gasteiger partial charge in [0.25, 0.3) is 0 Å². The normalized spacial score (nSPS) is 10.9. The molecule has 3 aromatic heterocycles. The maximum absolute atomic E-state index is 5.78. The Morgan fingerprint density at radius 1 is 1.08 bits per heavy atom. The summed E-state index contributed by atoms with van der Waals surface area (Å²) >= 11 is 0. The van der Waals surface area contributed by atoms with E-state index >= 15 is 0 Å². The summed E-state index contributed by atoms with van der Waals surface area (Å²) in [6.45, 7) is 1.97. The van der Waals surface area contributed by atoms with Crippen molar-refractivity contribution in [2.75, 3.05) is 5.73 Å². The molecule has 2 N–H and O–H groups in total. The zero-order valence-electron chi connectivity index (χ0n) is 12.9. The number of hydrogen-bond acceptors (Lipinski definition) is 6. The first kappa shape index (κ1) is 14.1. The molecule has 0 unspecified atom stereocenters. The standard InChI is InChI=1S/C17H14N6O/c1-11-14-9-15(24-12-5-3-2-4-6-12)20-10-23(14)22-16(11)13-7-8-19-17(18)21-13/h2-10H,1H3,(H2,18,19,21). The number of nitrogens with zero attached hydrogens (tertiary/aromatic N) is 5. The van der Waals surface area contributed by atoms with Crippen molar-refractivity contribution < 1.29 is 4.74 Å². The van der Waals surface area contributed by atoms with Crippen molar-refractivity contribution in [1.29, 1.82) is 0 Å². The molecule has 0 radical (unpaired) electrons. The molecule has 0 aliphatic rings. The van der Waals surface area contributed by atoms with Crippen LogP contribution in [0, 0.1) is 6.92 Å². The Morgan fingerprint density at radius 3 is 2.71 bits per heavy atom. The fourth-order valence-electron chi connectivity index (χ4n) is 2.47. The fraction of sp³-hybridized carbons (Fsp3) is 0.0588. The number of aryl methyl sites for hydroxylation is 1. The highest BCUT2D eigenvalue weighted by Crippen LogP contribution is 2.27. The zero-order chi connectivity index (χ0) is 16.5. The van der Waals surface area contributed by atoms with Crippen LogP contribution in [0.5, 0.6) is 11.6 Å². The molecule has 7 heteroatoms. The fourth-order valence-corrected chi connectivity index (χ4v) is 2.47. The summed E-state index contributed by atoms with van der Waals surface area (Å²) in [7, 11) is 0. The summed E-state index contributed by atoms with van der Waals surface area (Å²) in [6.07, 6.45) is 3.23. The van der Waals surface area contributed by atoms with E-state index in [0.717, 1.165) is 22.5 Å². The van der Waals surface area contributed by atoms with Crippen LogP contribution in [-0.2, 0) is 0 Å². The topological polar surface area (TPSA) is 91.2 Å². The van der Waals surface area contributed by atoms with Crippen LogP contribution in [0.15, 0.2) is 55.0 Å². The van der Waals surface area contributed by atoms with Crippen LogP contribution in [0.25, 0.3) is 16.9 Å². The van der Waals surface area contributed by atoms with Gasteiger partial charge in [-0.2, -0.15) is 5.10 Å². The molecule has 24 heavy (non-hydrogen) atoms. The molecule has 7 nitrogen and oxygen atoms in total. The van der Waals surface area contributed by atoms with Crippen LogP contribution < -0.4 is 10.5 Å². The molecular weight excluding hydrogens is 304 g/mol. The van der Waals surface area contributed by atoms with Gasteiger partial charge < -0.3 is 10.5 Å². The van der Waals surface area contributed by atoms with Crippen LogP contribution in [-0.4, -0.2) is 24.6 Å². The van der Waals surface area contributed by atoms with Gasteiger partial charge in [0.1, 0.15) is 17.8 Å². The maximum Gasteiger partial charge on any atom is 0.222 e. The van der Waals surface area contributed by atoms with Crippen molar-refractivity contribution in [3.8, 4) is 23.0 Å². The number of nitrogens with two attached hydrogens (primary N) is 1. The van der Waals surface area contributed by atoms with E-state index in [-0.39, 0.29) is 5.95 Å². The molecule has 0 saturated heterocycles. The molecule has 0 bridgehead atoms. The smallest absolute Gasteiger partial charge is 0.222 e. The van der Waals surface area contributed by atoms with Crippen molar-refractivity contribution in [2.24, 2.45) is 0 Å². The lowest BCUT2D eigenvalue weighted by Crippen LogP contribution is -1.96. The Morgan fingerprint density at radius 2 is 1.92 bits per heavy atom. The first-order valence-corrected chi connectivity index (χ1v) is 7.37. The van der Waals surface area contributed by atoms with Gasteiger partial charge in [-0.3, -0.25) is 0 Å². The predicted octanol–water partition coefficient (Wildman–Crippen LogP) is 2.87. The second-order valence-electron chi connectivity index (χ2n) is 5.25. The molecule has 4 aromatic rings. The van der Waals surface area contributed by atoms with E-state index in [9.17, 15) is 0 Å². The number of anilines is 1.